The van der Waals surface area contributed by atoms with Crippen LogP contribution in [0, 0.1) is 17.6 Å². The number of benzene rings is 2. The summed E-state index contributed by atoms with van der Waals surface area (Å²) in [4.78, 5) is 12.5. The largest absolute Gasteiger partial charge is 0.445 e. The predicted octanol–water partition coefficient (Wildman–Crippen LogP) is 4.37. The van der Waals surface area contributed by atoms with Gasteiger partial charge in [-0.15, -0.1) is 6.58 Å². The summed E-state index contributed by atoms with van der Waals surface area (Å²) >= 11 is 0. The van der Waals surface area contributed by atoms with Gasteiger partial charge in [-0.2, -0.15) is 0 Å². The fourth-order valence-electron chi connectivity index (χ4n) is 3.68. The molecule has 3 atom stereocenters. The molecule has 0 aliphatic rings. The van der Waals surface area contributed by atoms with Gasteiger partial charge in [0.05, 0.1) is 25.4 Å². The van der Waals surface area contributed by atoms with Crippen molar-refractivity contribution in [2.45, 2.75) is 51.5 Å². The first-order chi connectivity index (χ1) is 16.8. The molecule has 6 nitrogen and oxygen atoms in total. The average Bonchev–Trinajstić information content (AvgIpc) is 2.80. The number of amides is 1. The molecule has 0 radical (unpaired) electrons. The van der Waals surface area contributed by atoms with Crippen molar-refractivity contribution in [2.24, 2.45) is 5.92 Å². The summed E-state index contributed by atoms with van der Waals surface area (Å²) < 4.78 is 38.3. The SMILES string of the molecule is C=CCOC[C@@H](CC(C)C)NC[C@@H](O)[C@H](Cc1cc(F)cc(F)c1)NC(=O)OCc1ccccc1. The number of aliphatic hydroxyl groups excluding tert-OH is 1. The highest BCUT2D eigenvalue weighted by molar-refractivity contribution is 5.67. The van der Waals surface area contributed by atoms with Gasteiger partial charge < -0.3 is 25.2 Å². The first-order valence-electron chi connectivity index (χ1n) is 11.8. The number of alkyl carbamates (subject to hydrolysis) is 1. The summed E-state index contributed by atoms with van der Waals surface area (Å²) in [6, 6.07) is 11.4. The summed E-state index contributed by atoms with van der Waals surface area (Å²) in [7, 11) is 0. The molecule has 192 valence electrons. The van der Waals surface area contributed by atoms with Crippen LogP contribution >= 0.6 is 0 Å². The zero-order chi connectivity index (χ0) is 25.6. The van der Waals surface area contributed by atoms with Crippen LogP contribution < -0.4 is 10.6 Å². The lowest BCUT2D eigenvalue weighted by Crippen LogP contribution is -2.51. The molecule has 1 amide bonds. The van der Waals surface area contributed by atoms with Gasteiger partial charge in [0.25, 0.3) is 0 Å². The van der Waals surface area contributed by atoms with E-state index in [0.29, 0.717) is 24.7 Å². The van der Waals surface area contributed by atoms with E-state index < -0.39 is 29.9 Å². The molecule has 0 aliphatic heterocycles. The first kappa shape index (κ1) is 28.4. The van der Waals surface area contributed by atoms with Crippen molar-refractivity contribution in [2.75, 3.05) is 19.8 Å². The van der Waals surface area contributed by atoms with E-state index in [1.54, 1.807) is 6.08 Å². The van der Waals surface area contributed by atoms with Gasteiger partial charge in [-0.1, -0.05) is 50.3 Å². The Balaban J connectivity index is 2.05. The van der Waals surface area contributed by atoms with Gasteiger partial charge in [0.1, 0.15) is 18.2 Å². The van der Waals surface area contributed by atoms with Crippen LogP contribution in [-0.2, 0) is 22.5 Å². The molecule has 0 heterocycles. The third kappa shape index (κ3) is 11.4. The zero-order valence-corrected chi connectivity index (χ0v) is 20.4. The highest BCUT2D eigenvalue weighted by Crippen LogP contribution is 2.13. The van der Waals surface area contributed by atoms with Crippen LogP contribution in [0.15, 0.2) is 61.2 Å². The van der Waals surface area contributed by atoms with E-state index in [0.717, 1.165) is 18.1 Å². The van der Waals surface area contributed by atoms with Crippen LogP contribution in [0.3, 0.4) is 0 Å². The van der Waals surface area contributed by atoms with Crippen LogP contribution in [-0.4, -0.2) is 49.1 Å². The normalized spacial score (nSPS) is 13.8. The Morgan fingerprint density at radius 3 is 2.43 bits per heavy atom. The Morgan fingerprint density at radius 1 is 1.11 bits per heavy atom. The van der Waals surface area contributed by atoms with Crippen LogP contribution in [0.4, 0.5) is 13.6 Å². The molecular weight excluding hydrogens is 454 g/mol. The minimum Gasteiger partial charge on any atom is -0.445 e. The van der Waals surface area contributed by atoms with Crippen molar-refractivity contribution in [1.29, 1.82) is 0 Å². The molecule has 0 unspecified atom stereocenters. The Labute approximate surface area is 206 Å². The van der Waals surface area contributed by atoms with Gasteiger partial charge >= 0.3 is 6.09 Å². The highest BCUT2D eigenvalue weighted by atomic mass is 19.1. The lowest BCUT2D eigenvalue weighted by Gasteiger charge is -2.27. The fourth-order valence-corrected chi connectivity index (χ4v) is 3.68. The van der Waals surface area contributed by atoms with Crippen LogP contribution in [0.25, 0.3) is 0 Å². The van der Waals surface area contributed by atoms with E-state index in [1.165, 1.54) is 12.1 Å². The number of aliphatic hydroxyl groups is 1. The average molecular weight is 491 g/mol. The van der Waals surface area contributed by atoms with Gasteiger partial charge in [0, 0.05) is 18.7 Å². The van der Waals surface area contributed by atoms with E-state index in [2.05, 4.69) is 31.1 Å². The van der Waals surface area contributed by atoms with Crippen molar-refractivity contribution >= 4 is 6.09 Å². The predicted molar refractivity (Wildman–Crippen MR) is 132 cm³/mol. The van der Waals surface area contributed by atoms with Gasteiger partial charge in [-0.3, -0.25) is 0 Å². The quantitative estimate of drug-likeness (QED) is 0.255. The molecular formula is C27H36F2N2O4. The monoisotopic (exact) mass is 490 g/mol. The summed E-state index contributed by atoms with van der Waals surface area (Å²) in [6.07, 6.45) is 0.707. The zero-order valence-electron chi connectivity index (χ0n) is 20.4. The van der Waals surface area contributed by atoms with Crippen LogP contribution in [0.5, 0.6) is 0 Å². The van der Waals surface area contributed by atoms with Crippen molar-refractivity contribution in [1.82, 2.24) is 10.6 Å². The lowest BCUT2D eigenvalue weighted by molar-refractivity contribution is 0.0878. The smallest absolute Gasteiger partial charge is 0.407 e. The lowest BCUT2D eigenvalue weighted by atomic mass is 10.00. The molecule has 0 aromatic heterocycles. The number of halogens is 2. The number of hydrogen-bond acceptors (Lipinski definition) is 5. The van der Waals surface area contributed by atoms with Crippen molar-refractivity contribution in [3.05, 3.63) is 83.9 Å². The minimum atomic E-state index is -1.06. The summed E-state index contributed by atoms with van der Waals surface area (Å²) in [6.45, 7) is 8.86. The first-order valence-corrected chi connectivity index (χ1v) is 11.8. The molecule has 2 rings (SSSR count). The summed E-state index contributed by atoms with van der Waals surface area (Å²) in [5.74, 6) is -1.06. The maximum Gasteiger partial charge on any atom is 0.407 e. The Hall–Kier alpha value is -2.81. The van der Waals surface area contributed by atoms with E-state index in [-0.39, 0.29) is 25.6 Å². The third-order valence-electron chi connectivity index (χ3n) is 5.28. The minimum absolute atomic E-state index is 0.0137. The standard InChI is InChI=1S/C27H36F2N2O4/c1-4-10-34-18-24(11-19(2)3)30-16-26(32)25(14-21-12-22(28)15-23(29)13-21)31-27(33)35-17-20-8-6-5-7-9-20/h4-9,12-13,15,19,24-26,30,32H,1,10-11,14,16-18H2,2-3H3,(H,31,33)/t24-,25+,26-/m1/s1. The van der Waals surface area contributed by atoms with Crippen molar-refractivity contribution in [3.63, 3.8) is 0 Å². The fraction of sp³-hybridized carbons (Fsp3) is 0.444. The summed E-state index contributed by atoms with van der Waals surface area (Å²) in [5.41, 5.74) is 1.12. The number of nitrogens with one attached hydrogen (secondary N) is 2. The van der Waals surface area contributed by atoms with E-state index >= 15 is 0 Å². The highest BCUT2D eigenvalue weighted by Gasteiger charge is 2.24. The Kier molecular flexibility index (Phi) is 12.4. The third-order valence-corrected chi connectivity index (χ3v) is 5.28. The maximum atomic E-state index is 13.7. The number of carbonyl (C=O) groups excluding carboxylic acids is 1. The van der Waals surface area contributed by atoms with Gasteiger partial charge in [-0.05, 0) is 42.0 Å². The molecule has 0 spiro atoms. The van der Waals surface area contributed by atoms with Crippen molar-refractivity contribution in [3.8, 4) is 0 Å². The van der Waals surface area contributed by atoms with Crippen LogP contribution in [0.2, 0.25) is 0 Å². The molecule has 3 N–H and O–H groups in total. The second kappa shape index (κ2) is 15.2. The van der Waals surface area contributed by atoms with E-state index in [4.69, 9.17) is 9.47 Å². The molecule has 2 aromatic carbocycles. The van der Waals surface area contributed by atoms with Crippen LogP contribution in [0.1, 0.15) is 31.4 Å². The topological polar surface area (TPSA) is 79.8 Å². The second-order valence-electron chi connectivity index (χ2n) is 8.92. The molecule has 0 saturated carbocycles. The number of hydrogen-bond donors (Lipinski definition) is 3. The van der Waals surface area contributed by atoms with Gasteiger partial charge in [0.2, 0.25) is 0 Å². The summed E-state index contributed by atoms with van der Waals surface area (Å²) in [5, 5.41) is 16.9. The molecule has 0 saturated heterocycles. The molecule has 0 bridgehead atoms. The number of rotatable bonds is 15. The maximum absolute atomic E-state index is 13.7. The Bertz CT molecular complexity index is 891. The Morgan fingerprint density at radius 2 is 1.80 bits per heavy atom. The van der Waals surface area contributed by atoms with E-state index in [9.17, 15) is 18.7 Å². The van der Waals surface area contributed by atoms with Gasteiger partial charge in [-0.25, -0.2) is 13.6 Å². The number of ether oxygens (including phenoxy) is 2. The van der Waals surface area contributed by atoms with E-state index in [1.807, 2.05) is 30.3 Å². The van der Waals surface area contributed by atoms with Gasteiger partial charge in [0.15, 0.2) is 0 Å². The molecule has 0 aliphatic carbocycles. The second-order valence-corrected chi connectivity index (χ2v) is 8.92. The number of carbonyl (C=O) groups is 1. The molecule has 2 aromatic rings. The molecule has 0 fully saturated rings. The molecule has 8 heteroatoms. The molecule has 35 heavy (non-hydrogen) atoms. The van der Waals surface area contributed by atoms with Crippen molar-refractivity contribution < 1.29 is 28.2 Å².